The summed E-state index contributed by atoms with van der Waals surface area (Å²) in [6.07, 6.45) is 1.23. The number of unbranched alkanes of at least 4 members (excludes halogenated alkanes) is 1. The lowest BCUT2D eigenvalue weighted by Gasteiger charge is -2.20. The molecule has 74 heavy (non-hydrogen) atoms. The SMILES string of the molecule is CCCOCC(=O)NCCOCCOCC(=O)NCCOCCOCC(=O)NC(CCCCNC(=O)CCNC(=O)[C@H](CNC(=O)c1cc(F)c2c(c1)B(O)OC2)NC(=O)c1cc(F)c2c(c1)B(O)OC2)C(=O)O. The summed E-state index contributed by atoms with van der Waals surface area (Å²) in [6.45, 7) is 2.20. The van der Waals surface area contributed by atoms with Crippen molar-refractivity contribution in [3.8, 4) is 0 Å². The number of carbonyl (C=O) groups is 8. The number of hydrogen-bond donors (Lipinski definition) is 10. The highest BCUT2D eigenvalue weighted by Crippen LogP contribution is 2.18. The fourth-order valence-corrected chi connectivity index (χ4v) is 6.99. The van der Waals surface area contributed by atoms with E-state index in [0.29, 0.717) is 19.6 Å². The zero-order chi connectivity index (χ0) is 53.8. The molecule has 0 spiro atoms. The third kappa shape index (κ3) is 21.4. The first kappa shape index (κ1) is 60.4. The lowest BCUT2D eigenvalue weighted by atomic mass is 9.78. The molecule has 7 amide bonds. The molecule has 25 nitrogen and oxygen atoms in total. The number of amides is 7. The number of carboxylic acid groups (broad SMARTS) is 1. The first-order valence-electron chi connectivity index (χ1n) is 23.9. The molecule has 0 bridgehead atoms. The maximum absolute atomic E-state index is 14.8. The van der Waals surface area contributed by atoms with E-state index >= 15 is 0 Å². The van der Waals surface area contributed by atoms with E-state index in [1.54, 1.807) is 0 Å². The van der Waals surface area contributed by atoms with E-state index in [9.17, 15) is 62.3 Å². The van der Waals surface area contributed by atoms with Crippen LogP contribution in [0.1, 0.15) is 70.9 Å². The number of carboxylic acids is 1. The van der Waals surface area contributed by atoms with Gasteiger partial charge in [-0.05, 0) is 60.9 Å². The first-order chi connectivity index (χ1) is 35.6. The fraction of sp³-hybridized carbons (Fsp3) is 0.556. The summed E-state index contributed by atoms with van der Waals surface area (Å²) in [4.78, 5) is 99.8. The molecule has 2 heterocycles. The molecule has 0 saturated heterocycles. The average molecular weight is 1050 g/mol. The molecule has 29 heteroatoms. The molecule has 0 fully saturated rings. The Morgan fingerprint density at radius 2 is 1.09 bits per heavy atom. The molecule has 0 aromatic heterocycles. The summed E-state index contributed by atoms with van der Waals surface area (Å²) in [5.74, 6) is -7.39. The Labute approximate surface area is 425 Å². The number of halogens is 2. The van der Waals surface area contributed by atoms with Crippen LogP contribution < -0.4 is 48.1 Å². The molecule has 10 N–H and O–H groups in total. The minimum atomic E-state index is -1.52. The predicted octanol–water partition coefficient (Wildman–Crippen LogP) is -3.98. The van der Waals surface area contributed by atoms with Crippen LogP contribution in [0.2, 0.25) is 0 Å². The second-order valence-electron chi connectivity index (χ2n) is 16.5. The van der Waals surface area contributed by atoms with E-state index < -0.39 is 86.6 Å². The summed E-state index contributed by atoms with van der Waals surface area (Å²) in [6, 6.07) is 1.45. The molecular formula is C45H63B2F2N7O18. The molecule has 2 atom stereocenters. The highest BCUT2D eigenvalue weighted by molar-refractivity contribution is 6.62. The van der Waals surface area contributed by atoms with Crippen molar-refractivity contribution in [3.63, 3.8) is 0 Å². The number of benzene rings is 2. The minimum Gasteiger partial charge on any atom is -0.480 e. The van der Waals surface area contributed by atoms with Crippen LogP contribution >= 0.6 is 0 Å². The number of ether oxygens (including phenoxy) is 5. The molecule has 406 valence electrons. The molecule has 0 radical (unpaired) electrons. The van der Waals surface area contributed by atoms with Crippen LogP contribution in [0.25, 0.3) is 0 Å². The Morgan fingerprint density at radius 1 is 0.581 bits per heavy atom. The summed E-state index contributed by atoms with van der Waals surface area (Å²) in [5.41, 5.74) is -0.313. The standard InChI is InChI=1S/C45H63B2F2N7O18/c1-2-11-70-25-39(58)51-9-12-68-14-16-71-26-40(59)52-10-13-69-15-17-72-27-41(60)55-36(45(64)65)5-3-4-7-50-38(57)6-8-53-44(63)37(56-43(62)29-19-33-31(35(49)21-29)24-74-47(33)67)22-54-42(61)28-18-32-30(34(48)20-28)23-73-46(32)66/h18-21,36-37,66-67H,2-17,22-27H2,1H3,(H,50,57)(H,51,58)(H,52,59)(H,53,63)(H,54,61)(H,55,60)(H,56,62)(H,64,65)/t36?,37-/m0/s1. The summed E-state index contributed by atoms with van der Waals surface area (Å²) >= 11 is 0. The Morgan fingerprint density at radius 3 is 1.65 bits per heavy atom. The summed E-state index contributed by atoms with van der Waals surface area (Å²) < 4.78 is 65.8. The zero-order valence-corrected chi connectivity index (χ0v) is 40.9. The Bertz CT molecular complexity index is 2240. The van der Waals surface area contributed by atoms with E-state index in [1.807, 2.05) is 6.92 Å². The molecule has 2 aromatic rings. The van der Waals surface area contributed by atoms with E-state index in [0.717, 1.165) is 18.6 Å². The maximum Gasteiger partial charge on any atom is 0.491 e. The topological polar surface area (TPSA) is 346 Å². The van der Waals surface area contributed by atoms with Crippen molar-refractivity contribution in [3.05, 3.63) is 58.2 Å². The van der Waals surface area contributed by atoms with Gasteiger partial charge in [0.1, 0.15) is 43.5 Å². The minimum absolute atomic E-state index is 0.00102. The number of carbonyl (C=O) groups excluding carboxylic acids is 7. The van der Waals surface area contributed by atoms with Gasteiger partial charge in [0.05, 0.1) is 52.9 Å². The van der Waals surface area contributed by atoms with E-state index in [1.165, 1.54) is 12.1 Å². The van der Waals surface area contributed by atoms with Crippen molar-refractivity contribution in [2.24, 2.45) is 0 Å². The van der Waals surface area contributed by atoms with Crippen molar-refractivity contribution < 1.29 is 95.3 Å². The van der Waals surface area contributed by atoms with Crippen LogP contribution in [-0.4, -0.2) is 188 Å². The molecule has 1 unspecified atom stereocenters. The van der Waals surface area contributed by atoms with Crippen molar-refractivity contribution >= 4 is 72.5 Å². The van der Waals surface area contributed by atoms with Crippen LogP contribution in [-0.2, 0) is 75.0 Å². The number of rotatable bonds is 36. The fourth-order valence-electron chi connectivity index (χ4n) is 6.99. The van der Waals surface area contributed by atoms with Gasteiger partial charge in [0.15, 0.2) is 0 Å². The van der Waals surface area contributed by atoms with Crippen LogP contribution in [0.3, 0.4) is 0 Å². The molecule has 0 saturated carbocycles. The second kappa shape index (κ2) is 32.9. The predicted molar refractivity (Wildman–Crippen MR) is 256 cm³/mol. The number of aliphatic carboxylic acids is 1. The molecule has 4 rings (SSSR count). The van der Waals surface area contributed by atoms with Gasteiger partial charge in [0.2, 0.25) is 29.5 Å². The van der Waals surface area contributed by atoms with Gasteiger partial charge in [-0.3, -0.25) is 33.6 Å². The lowest BCUT2D eigenvalue weighted by molar-refractivity contribution is -0.143. The van der Waals surface area contributed by atoms with E-state index in [2.05, 4.69) is 37.2 Å². The van der Waals surface area contributed by atoms with Crippen LogP contribution in [0.4, 0.5) is 8.78 Å². The second-order valence-corrected chi connectivity index (χ2v) is 16.5. The largest absolute Gasteiger partial charge is 0.491 e. The molecule has 2 aromatic carbocycles. The third-order valence-corrected chi connectivity index (χ3v) is 10.8. The normalized spacial score (nSPS) is 13.3. The highest BCUT2D eigenvalue weighted by atomic mass is 19.1. The van der Waals surface area contributed by atoms with Crippen LogP contribution in [0, 0.1) is 11.6 Å². The monoisotopic (exact) mass is 1050 g/mol. The van der Waals surface area contributed by atoms with E-state index in [4.69, 9.17) is 33.0 Å². The highest BCUT2D eigenvalue weighted by Gasteiger charge is 2.33. The van der Waals surface area contributed by atoms with Gasteiger partial charge in [0, 0.05) is 68.0 Å². The smallest absolute Gasteiger partial charge is 0.480 e. The Balaban J connectivity index is 1.06. The summed E-state index contributed by atoms with van der Waals surface area (Å²) in [7, 11) is -2.95. The van der Waals surface area contributed by atoms with Gasteiger partial charge in [-0.2, -0.15) is 0 Å². The van der Waals surface area contributed by atoms with Crippen molar-refractivity contribution in [2.45, 2.75) is 64.3 Å². The number of fused-ring (bicyclic) bond motifs is 2. The zero-order valence-electron chi connectivity index (χ0n) is 40.9. The quantitative estimate of drug-likeness (QED) is 0.0230. The molecule has 2 aliphatic heterocycles. The van der Waals surface area contributed by atoms with Crippen LogP contribution in [0.15, 0.2) is 24.3 Å². The number of hydrogen-bond acceptors (Lipinski definition) is 17. The van der Waals surface area contributed by atoms with Crippen LogP contribution in [0.5, 0.6) is 0 Å². The van der Waals surface area contributed by atoms with E-state index in [-0.39, 0.29) is 150 Å². The number of nitrogens with one attached hydrogen (secondary N) is 7. The first-order valence-corrected chi connectivity index (χ1v) is 23.9. The Kier molecular flexibility index (Phi) is 26.8. The average Bonchev–Trinajstić information content (AvgIpc) is 3.95. The third-order valence-electron chi connectivity index (χ3n) is 10.8. The van der Waals surface area contributed by atoms with Gasteiger partial charge in [-0.25, -0.2) is 13.6 Å². The lowest BCUT2D eigenvalue weighted by Crippen LogP contribution is -2.53. The maximum atomic E-state index is 14.8. The van der Waals surface area contributed by atoms with Crippen molar-refractivity contribution in [2.75, 3.05) is 98.8 Å². The molecule has 2 aliphatic rings. The van der Waals surface area contributed by atoms with Gasteiger partial charge in [-0.1, -0.05) is 6.92 Å². The van der Waals surface area contributed by atoms with Gasteiger partial charge in [0.25, 0.3) is 11.8 Å². The molecular weight excluding hydrogens is 986 g/mol. The molecule has 0 aliphatic carbocycles. The van der Waals surface area contributed by atoms with Gasteiger partial charge < -0.3 is 85.4 Å². The van der Waals surface area contributed by atoms with Gasteiger partial charge in [-0.15, -0.1) is 0 Å². The van der Waals surface area contributed by atoms with Gasteiger partial charge >= 0.3 is 20.2 Å². The van der Waals surface area contributed by atoms with Crippen molar-refractivity contribution in [1.82, 2.24) is 37.2 Å². The Hall–Kier alpha value is -6.17. The van der Waals surface area contributed by atoms with Crippen molar-refractivity contribution in [1.29, 1.82) is 0 Å². The summed E-state index contributed by atoms with van der Waals surface area (Å²) in [5, 5.41) is 47.2.